The summed E-state index contributed by atoms with van der Waals surface area (Å²) in [5, 5.41) is 0. The van der Waals surface area contributed by atoms with Crippen LogP contribution in [-0.2, 0) is 18.2 Å². The number of hydrogen-bond acceptors (Lipinski definition) is 5. The largest absolute Gasteiger partial charge is 0.410 e. The maximum absolute atomic E-state index is 11.1. The van der Waals surface area contributed by atoms with Gasteiger partial charge >= 0.3 is 10.4 Å². The second-order valence-corrected chi connectivity index (χ2v) is 9.25. The molecular weight excluding hydrogens is 368 g/mol. The maximum atomic E-state index is 11.1. The highest BCUT2D eigenvalue weighted by atomic mass is 32.3. The molecular formula is C20H42O4S2. The summed E-state index contributed by atoms with van der Waals surface area (Å²) in [4.78, 5) is 0. The molecule has 0 bridgehead atoms. The van der Waals surface area contributed by atoms with E-state index in [-0.39, 0.29) is 6.61 Å². The minimum absolute atomic E-state index is 0.113. The Labute approximate surface area is 167 Å². The van der Waals surface area contributed by atoms with E-state index < -0.39 is 10.4 Å². The molecule has 0 aliphatic carbocycles. The van der Waals surface area contributed by atoms with Gasteiger partial charge in [-0.25, -0.2) is 4.18 Å². The van der Waals surface area contributed by atoms with Gasteiger partial charge in [-0.15, -0.1) is 0 Å². The number of rotatable bonds is 21. The lowest BCUT2D eigenvalue weighted by molar-refractivity contribution is 0.297. The van der Waals surface area contributed by atoms with Crippen molar-refractivity contribution in [3.8, 4) is 0 Å². The number of unbranched alkanes of at least 4 members (excludes halogenated alkanes) is 15. The van der Waals surface area contributed by atoms with Gasteiger partial charge in [-0.1, -0.05) is 103 Å². The fourth-order valence-electron chi connectivity index (χ4n) is 2.97. The molecule has 0 aromatic carbocycles. The van der Waals surface area contributed by atoms with Crippen molar-refractivity contribution in [3.63, 3.8) is 0 Å². The molecule has 0 aromatic rings. The summed E-state index contributed by atoms with van der Waals surface area (Å²) in [6, 6.07) is 0. The van der Waals surface area contributed by atoms with Crippen LogP contribution in [0.15, 0.2) is 0 Å². The normalized spacial score (nSPS) is 11.9. The molecule has 0 heterocycles. The van der Waals surface area contributed by atoms with Crippen molar-refractivity contribution in [2.45, 2.75) is 117 Å². The first-order valence-corrected chi connectivity index (χ1v) is 13.1. The fraction of sp³-hybridized carbons (Fsp3) is 1.00. The van der Waals surface area contributed by atoms with Gasteiger partial charge in [0.1, 0.15) is 0 Å². The van der Waals surface area contributed by atoms with E-state index in [4.69, 9.17) is 0 Å². The van der Waals surface area contributed by atoms with Crippen LogP contribution in [0, 0.1) is 0 Å². The molecule has 0 saturated heterocycles. The van der Waals surface area contributed by atoms with Crippen LogP contribution in [0.3, 0.4) is 0 Å². The predicted molar refractivity (Wildman–Crippen MR) is 114 cm³/mol. The third-order valence-corrected chi connectivity index (χ3v) is 6.51. The van der Waals surface area contributed by atoms with Crippen LogP contribution in [0.5, 0.6) is 0 Å². The molecule has 0 radical (unpaired) electrons. The SMILES string of the molecule is CCCCCCCCCCCCCCCCCCSOS(=O)(=O)OCC. The summed E-state index contributed by atoms with van der Waals surface area (Å²) in [5.41, 5.74) is 0. The van der Waals surface area contributed by atoms with Crippen molar-refractivity contribution < 1.29 is 16.2 Å². The first-order chi connectivity index (χ1) is 12.6. The van der Waals surface area contributed by atoms with Crippen molar-refractivity contribution in [2.75, 3.05) is 12.4 Å². The number of hydrogen-bond donors (Lipinski definition) is 0. The molecule has 0 aliphatic heterocycles. The van der Waals surface area contributed by atoms with Crippen LogP contribution in [0.1, 0.15) is 117 Å². The zero-order valence-electron chi connectivity index (χ0n) is 17.2. The molecule has 0 aromatic heterocycles. The van der Waals surface area contributed by atoms with E-state index in [2.05, 4.69) is 14.7 Å². The Bertz CT molecular complexity index is 372. The Morgan fingerprint density at radius 2 is 1.00 bits per heavy atom. The second kappa shape index (κ2) is 20.0. The summed E-state index contributed by atoms with van der Waals surface area (Å²) < 4.78 is 31.4. The van der Waals surface area contributed by atoms with Crippen LogP contribution in [-0.4, -0.2) is 20.8 Å². The Morgan fingerprint density at radius 3 is 1.38 bits per heavy atom. The van der Waals surface area contributed by atoms with E-state index in [1.165, 1.54) is 89.9 Å². The molecule has 0 saturated carbocycles. The molecule has 0 aliphatic rings. The highest BCUT2D eigenvalue weighted by molar-refractivity contribution is 8.02. The van der Waals surface area contributed by atoms with Crippen LogP contribution in [0.25, 0.3) is 0 Å². The van der Waals surface area contributed by atoms with Crippen molar-refractivity contribution in [3.05, 3.63) is 0 Å². The highest BCUT2D eigenvalue weighted by Crippen LogP contribution is 2.16. The molecule has 0 fully saturated rings. The van der Waals surface area contributed by atoms with Gasteiger partial charge in [0.15, 0.2) is 0 Å². The van der Waals surface area contributed by atoms with Crippen LogP contribution in [0.4, 0.5) is 0 Å². The molecule has 0 spiro atoms. The molecule has 0 N–H and O–H groups in total. The smallest absolute Gasteiger partial charge is 0.248 e. The summed E-state index contributed by atoms with van der Waals surface area (Å²) in [6.07, 6.45) is 21.4. The van der Waals surface area contributed by atoms with Gasteiger partial charge in [0.25, 0.3) is 0 Å². The lowest BCUT2D eigenvalue weighted by Crippen LogP contribution is -2.05. The molecule has 0 unspecified atom stereocenters. The van der Waals surface area contributed by atoms with Crippen molar-refractivity contribution >= 4 is 22.4 Å². The van der Waals surface area contributed by atoms with Crippen molar-refractivity contribution in [1.29, 1.82) is 0 Å². The molecule has 0 atom stereocenters. The van der Waals surface area contributed by atoms with Crippen LogP contribution < -0.4 is 0 Å². The molecule has 0 rings (SSSR count). The van der Waals surface area contributed by atoms with Gasteiger partial charge in [-0.2, -0.15) is 12.0 Å². The summed E-state index contributed by atoms with van der Waals surface area (Å²) >= 11 is 0.974. The Morgan fingerprint density at radius 1 is 0.615 bits per heavy atom. The first-order valence-electron chi connectivity index (χ1n) is 10.8. The quantitative estimate of drug-likeness (QED) is 0.148. The van der Waals surface area contributed by atoms with Gasteiger partial charge in [0.2, 0.25) is 0 Å². The minimum atomic E-state index is -3.79. The first kappa shape index (κ1) is 26.2. The fourth-order valence-corrected chi connectivity index (χ4v) is 4.48. The molecule has 6 heteroatoms. The lowest BCUT2D eigenvalue weighted by atomic mass is 10.0. The summed E-state index contributed by atoms with van der Waals surface area (Å²) in [5.74, 6) is 0.699. The Kier molecular flexibility index (Phi) is 20.1. The van der Waals surface area contributed by atoms with E-state index >= 15 is 0 Å². The molecule has 4 nitrogen and oxygen atoms in total. The van der Waals surface area contributed by atoms with E-state index in [9.17, 15) is 8.42 Å². The minimum Gasteiger partial charge on any atom is -0.248 e. The molecule has 158 valence electrons. The van der Waals surface area contributed by atoms with E-state index in [1.807, 2.05) is 0 Å². The van der Waals surface area contributed by atoms with Gasteiger partial charge < -0.3 is 0 Å². The average Bonchev–Trinajstić information content (AvgIpc) is 2.60. The predicted octanol–water partition coefficient (Wildman–Crippen LogP) is 7.19. The van der Waals surface area contributed by atoms with Gasteiger partial charge in [-0.3, -0.25) is 0 Å². The summed E-state index contributed by atoms with van der Waals surface area (Å²) in [6.45, 7) is 4.01. The van der Waals surface area contributed by atoms with Crippen LogP contribution in [0.2, 0.25) is 0 Å². The topological polar surface area (TPSA) is 52.6 Å². The molecule has 26 heavy (non-hydrogen) atoms. The van der Waals surface area contributed by atoms with Crippen LogP contribution >= 0.6 is 12.0 Å². The Balaban J connectivity index is 3.11. The second-order valence-electron chi connectivity index (χ2n) is 7.01. The summed E-state index contributed by atoms with van der Waals surface area (Å²) in [7, 11) is -3.79. The van der Waals surface area contributed by atoms with Crippen molar-refractivity contribution in [2.24, 2.45) is 0 Å². The monoisotopic (exact) mass is 410 g/mol. The van der Waals surface area contributed by atoms with E-state index in [0.717, 1.165) is 24.9 Å². The van der Waals surface area contributed by atoms with Gasteiger partial charge in [0.05, 0.1) is 6.61 Å². The highest BCUT2D eigenvalue weighted by Gasteiger charge is 2.10. The molecule has 0 amide bonds. The lowest BCUT2D eigenvalue weighted by Gasteiger charge is -2.04. The van der Waals surface area contributed by atoms with Crippen molar-refractivity contribution in [1.82, 2.24) is 0 Å². The standard InChI is InChI=1S/C20H42O4S2/c1-3-5-6-7-8-9-10-11-12-13-14-15-16-17-18-19-20-25-24-26(21,22)23-4-2/h3-20H2,1-2H3. The maximum Gasteiger partial charge on any atom is 0.410 e. The Hall–Kier alpha value is 0.220. The zero-order valence-corrected chi connectivity index (χ0v) is 18.8. The van der Waals surface area contributed by atoms with Gasteiger partial charge in [0, 0.05) is 17.8 Å². The van der Waals surface area contributed by atoms with E-state index in [0.29, 0.717) is 5.75 Å². The average molecular weight is 411 g/mol. The third kappa shape index (κ3) is 20.5. The third-order valence-electron chi connectivity index (χ3n) is 4.47. The van der Waals surface area contributed by atoms with Gasteiger partial charge in [-0.05, 0) is 13.3 Å². The van der Waals surface area contributed by atoms with E-state index in [1.54, 1.807) is 6.92 Å². The zero-order chi connectivity index (χ0) is 19.3.